The maximum absolute atomic E-state index is 4.57. The lowest BCUT2D eigenvalue weighted by atomic mass is 10.1. The predicted molar refractivity (Wildman–Crippen MR) is 79.7 cm³/mol. The van der Waals surface area contributed by atoms with Gasteiger partial charge in [-0.05, 0) is 30.9 Å². The first kappa shape index (κ1) is 12.4. The highest BCUT2D eigenvalue weighted by atomic mass is 32.2. The second-order valence-electron chi connectivity index (χ2n) is 5.59. The molecule has 1 aliphatic heterocycles. The van der Waals surface area contributed by atoms with Gasteiger partial charge in [0.05, 0.1) is 13.1 Å². The molecular weight excluding hydrogens is 268 g/mol. The van der Waals surface area contributed by atoms with Crippen molar-refractivity contribution in [3.8, 4) is 0 Å². The molecule has 2 aliphatic rings. The molecule has 2 aromatic rings. The molecule has 1 fully saturated rings. The Morgan fingerprint density at radius 3 is 3.05 bits per heavy atom. The van der Waals surface area contributed by atoms with Gasteiger partial charge in [0.2, 0.25) is 0 Å². The number of hydrogen-bond donors (Lipinski definition) is 1. The number of benzene rings is 1. The molecule has 4 nitrogen and oxygen atoms in total. The van der Waals surface area contributed by atoms with Gasteiger partial charge in [-0.1, -0.05) is 18.2 Å². The first-order valence-electron chi connectivity index (χ1n) is 7.23. The zero-order valence-electron chi connectivity index (χ0n) is 11.3. The highest BCUT2D eigenvalue weighted by molar-refractivity contribution is 8.00. The van der Waals surface area contributed by atoms with Gasteiger partial charge >= 0.3 is 0 Å². The lowest BCUT2D eigenvalue weighted by Crippen LogP contribution is -2.17. The van der Waals surface area contributed by atoms with E-state index in [0.717, 1.165) is 25.3 Å². The summed E-state index contributed by atoms with van der Waals surface area (Å²) in [5.41, 5.74) is 1.47. The van der Waals surface area contributed by atoms with Crippen LogP contribution in [0.25, 0.3) is 0 Å². The molecule has 1 aromatic heterocycles. The van der Waals surface area contributed by atoms with Crippen molar-refractivity contribution in [2.45, 2.75) is 48.5 Å². The quantitative estimate of drug-likeness (QED) is 0.915. The van der Waals surface area contributed by atoms with Gasteiger partial charge in [-0.2, -0.15) is 5.10 Å². The summed E-state index contributed by atoms with van der Waals surface area (Å²) in [7, 11) is 0. The molecule has 1 atom stereocenters. The Balaban J connectivity index is 1.35. The normalized spacial score (nSPS) is 21.1. The second-order valence-corrected chi connectivity index (χ2v) is 6.93. The third-order valence-corrected chi connectivity index (χ3v) is 5.12. The fourth-order valence-corrected chi connectivity index (χ4v) is 3.90. The Kier molecular flexibility index (Phi) is 3.24. The molecular formula is C15H18N4S. The largest absolute Gasteiger partial charge is 0.307 e. The van der Waals surface area contributed by atoms with Gasteiger partial charge in [0.25, 0.3) is 0 Å². The number of nitrogens with zero attached hydrogens (tertiary/aromatic N) is 3. The van der Waals surface area contributed by atoms with Crippen LogP contribution in [0.3, 0.4) is 0 Å². The van der Waals surface area contributed by atoms with Gasteiger partial charge < -0.3 is 5.32 Å². The van der Waals surface area contributed by atoms with E-state index in [-0.39, 0.29) is 0 Å². The summed E-state index contributed by atoms with van der Waals surface area (Å²) in [6.07, 6.45) is 5.61. The van der Waals surface area contributed by atoms with Crippen LogP contribution in [-0.4, -0.2) is 26.1 Å². The van der Waals surface area contributed by atoms with Crippen LogP contribution >= 0.6 is 11.8 Å². The maximum atomic E-state index is 4.57. The number of hydrogen-bond acceptors (Lipinski definition) is 4. The summed E-state index contributed by atoms with van der Waals surface area (Å²) in [5, 5.41) is 8.60. The minimum atomic E-state index is 0.582. The third kappa shape index (κ3) is 2.74. The number of nitrogens with one attached hydrogen (secondary N) is 1. The van der Waals surface area contributed by atoms with Crippen LogP contribution in [-0.2, 0) is 19.5 Å². The Morgan fingerprint density at radius 2 is 2.20 bits per heavy atom. The zero-order valence-corrected chi connectivity index (χ0v) is 12.1. The lowest BCUT2D eigenvalue weighted by Gasteiger charge is -2.07. The first-order valence-corrected chi connectivity index (χ1v) is 8.11. The molecule has 1 aliphatic carbocycles. The average Bonchev–Trinajstić information content (AvgIpc) is 3.04. The molecule has 1 aromatic carbocycles. The van der Waals surface area contributed by atoms with Gasteiger partial charge in [0.15, 0.2) is 5.82 Å². The molecule has 5 heteroatoms. The van der Waals surface area contributed by atoms with E-state index in [2.05, 4.69) is 39.7 Å². The van der Waals surface area contributed by atoms with Gasteiger partial charge in [-0.3, -0.25) is 4.68 Å². The van der Waals surface area contributed by atoms with Crippen molar-refractivity contribution < 1.29 is 0 Å². The first-order chi connectivity index (χ1) is 9.87. The Labute approximate surface area is 123 Å². The molecule has 0 radical (unpaired) electrons. The molecule has 20 heavy (non-hydrogen) atoms. The van der Waals surface area contributed by atoms with E-state index < -0.39 is 0 Å². The third-order valence-electron chi connectivity index (χ3n) is 3.81. The standard InChI is InChI=1S/C15H18N4S/c1-2-4-14-11(3-1)7-13(20-14)9-19-10-17-15(18-19)8-16-12-5-6-12/h1-4,10,12-13,16H,5-9H2. The molecule has 1 saturated carbocycles. The van der Waals surface area contributed by atoms with Crippen molar-refractivity contribution in [1.29, 1.82) is 0 Å². The Morgan fingerprint density at radius 1 is 1.30 bits per heavy atom. The molecule has 2 heterocycles. The minimum absolute atomic E-state index is 0.582. The molecule has 0 amide bonds. The van der Waals surface area contributed by atoms with Crippen molar-refractivity contribution in [2.24, 2.45) is 0 Å². The monoisotopic (exact) mass is 286 g/mol. The van der Waals surface area contributed by atoms with E-state index in [4.69, 9.17) is 0 Å². The molecule has 4 rings (SSSR count). The van der Waals surface area contributed by atoms with Crippen LogP contribution in [0.4, 0.5) is 0 Å². The van der Waals surface area contributed by atoms with E-state index in [1.807, 2.05) is 22.8 Å². The summed E-state index contributed by atoms with van der Waals surface area (Å²) in [5.74, 6) is 0.914. The fraction of sp³-hybridized carbons (Fsp3) is 0.467. The fourth-order valence-electron chi connectivity index (χ4n) is 2.59. The highest BCUT2D eigenvalue weighted by Gasteiger charge is 2.23. The summed E-state index contributed by atoms with van der Waals surface area (Å²) in [6.45, 7) is 1.74. The van der Waals surface area contributed by atoms with E-state index in [0.29, 0.717) is 11.3 Å². The van der Waals surface area contributed by atoms with E-state index in [9.17, 15) is 0 Å². The average molecular weight is 286 g/mol. The zero-order chi connectivity index (χ0) is 13.4. The number of rotatable bonds is 5. The number of aromatic nitrogens is 3. The van der Waals surface area contributed by atoms with Crippen molar-refractivity contribution in [1.82, 2.24) is 20.1 Å². The smallest absolute Gasteiger partial charge is 0.164 e. The van der Waals surface area contributed by atoms with E-state index >= 15 is 0 Å². The summed E-state index contributed by atoms with van der Waals surface area (Å²) < 4.78 is 1.99. The van der Waals surface area contributed by atoms with Crippen molar-refractivity contribution in [2.75, 3.05) is 0 Å². The van der Waals surface area contributed by atoms with Crippen molar-refractivity contribution >= 4 is 11.8 Å². The van der Waals surface area contributed by atoms with Crippen LogP contribution in [0.2, 0.25) is 0 Å². The van der Waals surface area contributed by atoms with Gasteiger partial charge in [-0.15, -0.1) is 11.8 Å². The van der Waals surface area contributed by atoms with Crippen molar-refractivity contribution in [3.05, 3.63) is 42.0 Å². The summed E-state index contributed by atoms with van der Waals surface area (Å²) in [4.78, 5) is 5.81. The van der Waals surface area contributed by atoms with E-state index in [1.54, 1.807) is 0 Å². The van der Waals surface area contributed by atoms with Crippen LogP contribution in [0.5, 0.6) is 0 Å². The predicted octanol–water partition coefficient (Wildman–Crippen LogP) is 2.25. The van der Waals surface area contributed by atoms with Gasteiger partial charge in [0.1, 0.15) is 6.33 Å². The van der Waals surface area contributed by atoms with Crippen LogP contribution < -0.4 is 5.32 Å². The SMILES string of the molecule is c1ccc2c(c1)CC(Cn1cnc(CNC3CC3)n1)S2. The molecule has 0 saturated heterocycles. The number of thioether (sulfide) groups is 1. The Bertz CT molecular complexity index is 580. The molecule has 1 N–H and O–H groups in total. The summed E-state index contributed by atoms with van der Waals surface area (Å²) >= 11 is 1.96. The lowest BCUT2D eigenvalue weighted by molar-refractivity contribution is 0.576. The van der Waals surface area contributed by atoms with Gasteiger partial charge in [-0.25, -0.2) is 4.98 Å². The van der Waals surface area contributed by atoms with E-state index in [1.165, 1.54) is 23.3 Å². The summed E-state index contributed by atoms with van der Waals surface area (Å²) in [6, 6.07) is 9.40. The van der Waals surface area contributed by atoms with Crippen molar-refractivity contribution in [3.63, 3.8) is 0 Å². The Hall–Kier alpha value is -1.33. The topological polar surface area (TPSA) is 42.7 Å². The second kappa shape index (κ2) is 5.22. The minimum Gasteiger partial charge on any atom is -0.307 e. The molecule has 0 spiro atoms. The maximum Gasteiger partial charge on any atom is 0.164 e. The number of fused-ring (bicyclic) bond motifs is 1. The van der Waals surface area contributed by atoms with Crippen LogP contribution in [0, 0.1) is 0 Å². The van der Waals surface area contributed by atoms with Gasteiger partial charge in [0, 0.05) is 16.2 Å². The molecule has 104 valence electrons. The highest BCUT2D eigenvalue weighted by Crippen LogP contribution is 2.37. The van der Waals surface area contributed by atoms with Crippen LogP contribution in [0.1, 0.15) is 24.2 Å². The molecule has 1 unspecified atom stereocenters. The van der Waals surface area contributed by atoms with Crippen LogP contribution in [0.15, 0.2) is 35.5 Å². The molecule has 0 bridgehead atoms.